The van der Waals surface area contributed by atoms with E-state index < -0.39 is 5.25 Å². The summed E-state index contributed by atoms with van der Waals surface area (Å²) in [4.78, 5) is 44.3. The molecule has 7 nitrogen and oxygen atoms in total. The van der Waals surface area contributed by atoms with Gasteiger partial charge < -0.3 is 15.5 Å². The maximum atomic E-state index is 12.4. The Morgan fingerprint density at radius 1 is 1.13 bits per heavy atom. The summed E-state index contributed by atoms with van der Waals surface area (Å²) in [5, 5.41) is 8.00. The maximum Gasteiger partial charge on any atom is 0.262 e. The number of nitrogens with zero attached hydrogens (tertiary/aromatic N) is 2. The van der Waals surface area contributed by atoms with Crippen LogP contribution < -0.4 is 10.6 Å². The molecule has 9 heteroatoms. The first-order valence-electron chi connectivity index (χ1n) is 10.3. The number of thioether (sulfide) groups is 1. The number of amidine groups is 1. The number of carbonyl (C=O) groups is 3. The zero-order valence-corrected chi connectivity index (χ0v) is 18.6. The van der Waals surface area contributed by atoms with Crippen LogP contribution in [0.15, 0.2) is 46.8 Å². The fourth-order valence-electron chi connectivity index (χ4n) is 3.49. The first-order valence-corrected chi connectivity index (χ1v) is 12.1. The van der Waals surface area contributed by atoms with Gasteiger partial charge in [-0.1, -0.05) is 17.8 Å². The molecule has 162 valence electrons. The smallest absolute Gasteiger partial charge is 0.262 e. The maximum absolute atomic E-state index is 12.4. The quantitative estimate of drug-likeness (QED) is 0.668. The number of hydrogen-bond donors (Lipinski definition) is 2. The Balaban J connectivity index is 1.22. The molecule has 31 heavy (non-hydrogen) atoms. The number of thiophene rings is 1. The van der Waals surface area contributed by atoms with Crippen LogP contribution in [0, 0.1) is 0 Å². The molecule has 0 radical (unpaired) electrons. The predicted molar refractivity (Wildman–Crippen MR) is 125 cm³/mol. The van der Waals surface area contributed by atoms with E-state index in [1.54, 1.807) is 35.6 Å². The SMILES string of the molecule is O=C(C[C@@H]1SC(N2CCCC2)=NC1=O)Nc1ccc(C(=O)NCCc2cccs2)cc1. The van der Waals surface area contributed by atoms with E-state index in [2.05, 4.69) is 20.5 Å². The molecule has 0 aliphatic carbocycles. The van der Waals surface area contributed by atoms with Crippen molar-refractivity contribution in [3.8, 4) is 0 Å². The summed E-state index contributed by atoms with van der Waals surface area (Å²) in [5.41, 5.74) is 1.13. The van der Waals surface area contributed by atoms with Crippen LogP contribution in [0.25, 0.3) is 0 Å². The van der Waals surface area contributed by atoms with E-state index in [9.17, 15) is 14.4 Å². The molecule has 2 aromatic rings. The van der Waals surface area contributed by atoms with Crippen LogP contribution in [0.3, 0.4) is 0 Å². The largest absolute Gasteiger partial charge is 0.352 e. The van der Waals surface area contributed by atoms with Crippen LogP contribution in [-0.2, 0) is 16.0 Å². The number of hydrogen-bond acceptors (Lipinski definition) is 6. The summed E-state index contributed by atoms with van der Waals surface area (Å²) < 4.78 is 0. The van der Waals surface area contributed by atoms with Gasteiger partial charge in [-0.2, -0.15) is 4.99 Å². The van der Waals surface area contributed by atoms with Gasteiger partial charge in [-0.05, 0) is 55.0 Å². The molecule has 2 N–H and O–H groups in total. The second-order valence-electron chi connectivity index (χ2n) is 7.45. The van der Waals surface area contributed by atoms with E-state index in [-0.39, 0.29) is 24.1 Å². The normalized spacial score (nSPS) is 18.2. The number of benzene rings is 1. The summed E-state index contributed by atoms with van der Waals surface area (Å²) in [6.45, 7) is 2.42. The van der Waals surface area contributed by atoms with Crippen LogP contribution in [0.5, 0.6) is 0 Å². The van der Waals surface area contributed by atoms with Crippen molar-refractivity contribution >= 4 is 51.7 Å². The monoisotopic (exact) mass is 456 g/mol. The number of anilines is 1. The molecule has 3 amide bonds. The van der Waals surface area contributed by atoms with Gasteiger partial charge >= 0.3 is 0 Å². The molecule has 0 spiro atoms. The van der Waals surface area contributed by atoms with Crippen molar-refractivity contribution in [1.29, 1.82) is 0 Å². The number of aliphatic imine (C=N–C) groups is 1. The van der Waals surface area contributed by atoms with Crippen LogP contribution in [0.4, 0.5) is 5.69 Å². The first kappa shape index (κ1) is 21.6. The Morgan fingerprint density at radius 3 is 2.61 bits per heavy atom. The number of rotatable bonds is 7. The van der Waals surface area contributed by atoms with Gasteiger partial charge in [-0.15, -0.1) is 11.3 Å². The molecule has 1 aromatic heterocycles. The third kappa shape index (κ3) is 5.74. The summed E-state index contributed by atoms with van der Waals surface area (Å²) >= 11 is 3.05. The van der Waals surface area contributed by atoms with Gasteiger partial charge in [0.25, 0.3) is 11.8 Å². The Labute approximate surface area is 189 Å². The minimum Gasteiger partial charge on any atom is -0.352 e. The third-order valence-corrected chi connectivity index (χ3v) is 7.29. The van der Waals surface area contributed by atoms with Gasteiger partial charge in [0.05, 0.1) is 0 Å². The lowest BCUT2D eigenvalue weighted by Crippen LogP contribution is -2.25. The van der Waals surface area contributed by atoms with E-state index in [4.69, 9.17) is 0 Å². The number of amides is 3. The van der Waals surface area contributed by atoms with Crippen LogP contribution in [0.2, 0.25) is 0 Å². The molecule has 0 bridgehead atoms. The topological polar surface area (TPSA) is 90.9 Å². The average molecular weight is 457 g/mol. The van der Waals surface area contributed by atoms with Gasteiger partial charge in [-0.3, -0.25) is 14.4 Å². The average Bonchev–Trinajstić information content (AvgIpc) is 3.52. The summed E-state index contributed by atoms with van der Waals surface area (Å²) in [7, 11) is 0. The number of nitrogens with one attached hydrogen (secondary N) is 2. The number of carbonyl (C=O) groups excluding carboxylic acids is 3. The molecule has 1 fully saturated rings. The van der Waals surface area contributed by atoms with Gasteiger partial charge in [-0.25, -0.2) is 0 Å². The van der Waals surface area contributed by atoms with Crippen LogP contribution in [-0.4, -0.2) is 52.7 Å². The van der Waals surface area contributed by atoms with Gasteiger partial charge in [0, 0.05) is 42.2 Å². The lowest BCUT2D eigenvalue weighted by Gasteiger charge is -2.16. The highest BCUT2D eigenvalue weighted by Crippen LogP contribution is 2.29. The predicted octanol–water partition coefficient (Wildman–Crippen LogP) is 3.14. The molecular formula is C22H24N4O3S2. The van der Waals surface area contributed by atoms with Crippen molar-refractivity contribution in [2.24, 2.45) is 4.99 Å². The van der Waals surface area contributed by atoms with Crippen molar-refractivity contribution in [3.63, 3.8) is 0 Å². The van der Waals surface area contributed by atoms with Crippen LogP contribution >= 0.6 is 23.1 Å². The van der Waals surface area contributed by atoms with Gasteiger partial charge in [0.15, 0.2) is 5.17 Å². The molecule has 1 atom stereocenters. The highest BCUT2D eigenvalue weighted by Gasteiger charge is 2.33. The van der Waals surface area contributed by atoms with Gasteiger partial charge in [0.2, 0.25) is 5.91 Å². The molecule has 1 aromatic carbocycles. The molecule has 1 saturated heterocycles. The Bertz CT molecular complexity index is 967. The highest BCUT2D eigenvalue weighted by atomic mass is 32.2. The lowest BCUT2D eigenvalue weighted by atomic mass is 10.2. The summed E-state index contributed by atoms with van der Waals surface area (Å²) in [6.07, 6.45) is 3.11. The molecular weight excluding hydrogens is 432 g/mol. The van der Waals surface area contributed by atoms with Crippen molar-refractivity contribution < 1.29 is 14.4 Å². The Kier molecular flexibility index (Phi) is 7.03. The second kappa shape index (κ2) is 10.1. The standard InChI is InChI=1S/C22H24N4O3S2/c27-19(14-18-21(29)25-22(31-18)26-11-1-2-12-26)24-16-7-5-15(6-8-16)20(28)23-10-9-17-4-3-13-30-17/h3-8,13,18H,1-2,9-12,14H2,(H,23,28)(H,24,27)/t18-/m0/s1. The van der Waals surface area contributed by atoms with E-state index in [1.807, 2.05) is 17.5 Å². The van der Waals surface area contributed by atoms with Crippen molar-refractivity contribution in [2.75, 3.05) is 25.0 Å². The number of likely N-dealkylation sites (tertiary alicyclic amines) is 1. The summed E-state index contributed by atoms with van der Waals surface area (Å²) in [6, 6.07) is 10.8. The van der Waals surface area contributed by atoms with Crippen molar-refractivity contribution in [3.05, 3.63) is 52.2 Å². The van der Waals surface area contributed by atoms with E-state index in [1.165, 1.54) is 16.6 Å². The van der Waals surface area contributed by atoms with E-state index in [0.29, 0.717) is 17.8 Å². The molecule has 0 saturated carbocycles. The lowest BCUT2D eigenvalue weighted by molar-refractivity contribution is -0.121. The molecule has 2 aliphatic heterocycles. The zero-order chi connectivity index (χ0) is 21.6. The fourth-order valence-corrected chi connectivity index (χ4v) is 5.32. The second-order valence-corrected chi connectivity index (χ2v) is 9.65. The Hall–Kier alpha value is -2.65. The zero-order valence-electron chi connectivity index (χ0n) is 17.0. The van der Waals surface area contributed by atoms with Gasteiger partial charge in [0.1, 0.15) is 5.25 Å². The van der Waals surface area contributed by atoms with Crippen LogP contribution in [0.1, 0.15) is 34.5 Å². The van der Waals surface area contributed by atoms with E-state index >= 15 is 0 Å². The molecule has 4 rings (SSSR count). The molecule has 3 heterocycles. The van der Waals surface area contributed by atoms with E-state index in [0.717, 1.165) is 37.5 Å². The fraction of sp³-hybridized carbons (Fsp3) is 0.364. The van der Waals surface area contributed by atoms with Crippen molar-refractivity contribution in [1.82, 2.24) is 10.2 Å². The molecule has 0 unspecified atom stereocenters. The molecule has 2 aliphatic rings. The highest BCUT2D eigenvalue weighted by molar-refractivity contribution is 8.15. The minimum atomic E-state index is -0.469. The Morgan fingerprint density at radius 2 is 1.90 bits per heavy atom. The summed E-state index contributed by atoms with van der Waals surface area (Å²) in [5.74, 6) is -0.623. The minimum absolute atomic E-state index is 0.0787. The third-order valence-electron chi connectivity index (χ3n) is 5.14. The first-order chi connectivity index (χ1) is 15.1. The van der Waals surface area contributed by atoms with Crippen molar-refractivity contribution in [2.45, 2.75) is 30.9 Å².